The van der Waals surface area contributed by atoms with E-state index in [2.05, 4.69) is 10.4 Å². The van der Waals surface area contributed by atoms with E-state index in [0.717, 1.165) is 16.8 Å². The van der Waals surface area contributed by atoms with E-state index < -0.39 is 0 Å². The standard InChI is InChI=1S/C13H16N4O.ClH/c1-9-12(10-6-4-3-5-7-10)13(17(2)16-9)15-11(18)8-14;/h3-7H,8,14H2,1-2H3,(H,15,18);1H. The molecule has 0 saturated heterocycles. The fourth-order valence-electron chi connectivity index (χ4n) is 1.94. The molecule has 0 atom stereocenters. The average Bonchev–Trinajstić information content (AvgIpc) is 2.65. The van der Waals surface area contributed by atoms with Gasteiger partial charge in [-0.05, 0) is 12.5 Å². The van der Waals surface area contributed by atoms with Gasteiger partial charge in [0.15, 0.2) is 0 Å². The van der Waals surface area contributed by atoms with Crippen LogP contribution in [0.2, 0.25) is 0 Å². The Morgan fingerprint density at radius 1 is 1.37 bits per heavy atom. The number of benzene rings is 1. The first-order chi connectivity index (χ1) is 8.63. The van der Waals surface area contributed by atoms with Crippen LogP contribution in [-0.4, -0.2) is 22.2 Å². The second-order valence-electron chi connectivity index (χ2n) is 4.05. The lowest BCUT2D eigenvalue weighted by atomic mass is 10.1. The topological polar surface area (TPSA) is 72.9 Å². The van der Waals surface area contributed by atoms with Gasteiger partial charge in [-0.25, -0.2) is 0 Å². The molecule has 5 nitrogen and oxygen atoms in total. The van der Waals surface area contributed by atoms with Crippen molar-refractivity contribution in [1.82, 2.24) is 9.78 Å². The number of aromatic nitrogens is 2. The van der Waals surface area contributed by atoms with Crippen LogP contribution >= 0.6 is 12.4 Å². The van der Waals surface area contributed by atoms with Gasteiger partial charge >= 0.3 is 0 Å². The third kappa shape index (κ3) is 3.13. The van der Waals surface area contributed by atoms with E-state index in [1.807, 2.05) is 37.3 Å². The highest BCUT2D eigenvalue weighted by Crippen LogP contribution is 2.30. The Labute approximate surface area is 118 Å². The lowest BCUT2D eigenvalue weighted by Gasteiger charge is -2.08. The van der Waals surface area contributed by atoms with Gasteiger partial charge in [-0.3, -0.25) is 9.48 Å². The molecule has 19 heavy (non-hydrogen) atoms. The van der Waals surface area contributed by atoms with Crippen LogP contribution < -0.4 is 11.1 Å². The van der Waals surface area contributed by atoms with Gasteiger partial charge < -0.3 is 11.1 Å². The molecule has 1 aromatic heterocycles. The van der Waals surface area contributed by atoms with Crippen molar-refractivity contribution < 1.29 is 4.79 Å². The maximum Gasteiger partial charge on any atom is 0.239 e. The quantitative estimate of drug-likeness (QED) is 0.899. The van der Waals surface area contributed by atoms with Gasteiger partial charge in [0.2, 0.25) is 5.91 Å². The number of hydrogen-bond acceptors (Lipinski definition) is 3. The van der Waals surface area contributed by atoms with Gasteiger partial charge in [0.1, 0.15) is 5.82 Å². The van der Waals surface area contributed by atoms with E-state index in [1.165, 1.54) is 0 Å². The first-order valence-corrected chi connectivity index (χ1v) is 5.72. The van der Waals surface area contributed by atoms with Crippen LogP contribution in [-0.2, 0) is 11.8 Å². The van der Waals surface area contributed by atoms with E-state index in [1.54, 1.807) is 11.7 Å². The summed E-state index contributed by atoms with van der Waals surface area (Å²) in [6.07, 6.45) is 0. The van der Waals surface area contributed by atoms with Crippen LogP contribution in [0.3, 0.4) is 0 Å². The molecule has 6 heteroatoms. The van der Waals surface area contributed by atoms with Crippen molar-refractivity contribution in [3.63, 3.8) is 0 Å². The lowest BCUT2D eigenvalue weighted by Crippen LogP contribution is -2.23. The van der Waals surface area contributed by atoms with Gasteiger partial charge in [-0.15, -0.1) is 12.4 Å². The summed E-state index contributed by atoms with van der Waals surface area (Å²) in [5, 5.41) is 7.12. The fraction of sp³-hybridized carbons (Fsp3) is 0.231. The zero-order chi connectivity index (χ0) is 13.1. The Morgan fingerprint density at radius 2 is 2.00 bits per heavy atom. The molecule has 0 aliphatic carbocycles. The summed E-state index contributed by atoms with van der Waals surface area (Å²) < 4.78 is 1.66. The Hall–Kier alpha value is -1.85. The number of anilines is 1. The molecule has 1 aromatic carbocycles. The zero-order valence-corrected chi connectivity index (χ0v) is 11.7. The van der Waals surface area contributed by atoms with Crippen LogP contribution in [0.4, 0.5) is 5.82 Å². The third-order valence-corrected chi connectivity index (χ3v) is 2.73. The summed E-state index contributed by atoms with van der Waals surface area (Å²) >= 11 is 0. The number of aryl methyl sites for hydroxylation is 2. The molecule has 1 heterocycles. The number of nitrogens with zero attached hydrogens (tertiary/aromatic N) is 2. The highest BCUT2D eigenvalue weighted by Gasteiger charge is 2.16. The molecule has 1 amide bonds. The number of amides is 1. The first-order valence-electron chi connectivity index (χ1n) is 5.72. The highest BCUT2D eigenvalue weighted by atomic mass is 35.5. The molecule has 0 aliphatic rings. The predicted molar refractivity (Wildman–Crippen MR) is 78.3 cm³/mol. The molecular weight excluding hydrogens is 264 g/mol. The summed E-state index contributed by atoms with van der Waals surface area (Å²) in [6.45, 7) is 1.87. The van der Waals surface area contributed by atoms with E-state index in [0.29, 0.717) is 5.82 Å². The molecule has 0 unspecified atom stereocenters. The summed E-state index contributed by atoms with van der Waals surface area (Å²) in [7, 11) is 1.80. The van der Waals surface area contributed by atoms with E-state index in [-0.39, 0.29) is 24.9 Å². The van der Waals surface area contributed by atoms with Crippen LogP contribution in [0.25, 0.3) is 11.1 Å². The smallest absolute Gasteiger partial charge is 0.239 e. The molecule has 0 bridgehead atoms. The molecule has 0 aliphatic heterocycles. The van der Waals surface area contributed by atoms with Gasteiger partial charge in [0.05, 0.1) is 12.2 Å². The van der Waals surface area contributed by atoms with Gasteiger partial charge in [0.25, 0.3) is 0 Å². The van der Waals surface area contributed by atoms with Crippen molar-refractivity contribution in [2.45, 2.75) is 6.92 Å². The minimum absolute atomic E-state index is 0. The Kier molecular flexibility index (Phi) is 5.09. The van der Waals surface area contributed by atoms with Crippen molar-refractivity contribution in [2.75, 3.05) is 11.9 Å². The maximum absolute atomic E-state index is 11.4. The van der Waals surface area contributed by atoms with Crippen LogP contribution in [0, 0.1) is 6.92 Å². The lowest BCUT2D eigenvalue weighted by molar-refractivity contribution is -0.114. The molecule has 0 spiro atoms. The van der Waals surface area contributed by atoms with Gasteiger partial charge in [-0.2, -0.15) is 5.10 Å². The fourth-order valence-corrected chi connectivity index (χ4v) is 1.94. The SMILES string of the molecule is Cc1nn(C)c(NC(=O)CN)c1-c1ccccc1.Cl. The van der Waals surface area contributed by atoms with Crippen LogP contribution in [0.15, 0.2) is 30.3 Å². The Morgan fingerprint density at radius 3 is 2.58 bits per heavy atom. The third-order valence-electron chi connectivity index (χ3n) is 2.73. The minimum atomic E-state index is -0.227. The van der Waals surface area contributed by atoms with E-state index >= 15 is 0 Å². The second-order valence-corrected chi connectivity index (χ2v) is 4.05. The minimum Gasteiger partial charge on any atom is -0.322 e. The molecule has 2 aromatic rings. The summed E-state index contributed by atoms with van der Waals surface area (Å²) in [4.78, 5) is 11.4. The molecule has 0 fully saturated rings. The monoisotopic (exact) mass is 280 g/mol. The maximum atomic E-state index is 11.4. The van der Waals surface area contributed by atoms with Gasteiger partial charge in [-0.1, -0.05) is 30.3 Å². The van der Waals surface area contributed by atoms with E-state index in [4.69, 9.17) is 5.73 Å². The average molecular weight is 281 g/mol. The van der Waals surface area contributed by atoms with Crippen molar-refractivity contribution in [3.05, 3.63) is 36.0 Å². The molecule has 3 N–H and O–H groups in total. The normalized spacial score (nSPS) is 9.84. The van der Waals surface area contributed by atoms with E-state index in [9.17, 15) is 4.79 Å². The van der Waals surface area contributed by atoms with Crippen molar-refractivity contribution in [1.29, 1.82) is 0 Å². The van der Waals surface area contributed by atoms with Crippen molar-refractivity contribution in [3.8, 4) is 11.1 Å². The Bertz CT molecular complexity index is 566. The highest BCUT2D eigenvalue weighted by molar-refractivity contribution is 5.95. The predicted octanol–water partition coefficient (Wildman–Crippen LogP) is 1.71. The number of carbonyl (C=O) groups excluding carboxylic acids is 1. The largest absolute Gasteiger partial charge is 0.322 e. The van der Waals surface area contributed by atoms with Crippen molar-refractivity contribution in [2.24, 2.45) is 12.8 Å². The van der Waals surface area contributed by atoms with Crippen LogP contribution in [0.1, 0.15) is 5.69 Å². The number of hydrogen-bond donors (Lipinski definition) is 2. The van der Waals surface area contributed by atoms with Crippen LogP contribution in [0.5, 0.6) is 0 Å². The number of carbonyl (C=O) groups is 1. The molecule has 2 rings (SSSR count). The molecular formula is C13H17ClN4O. The number of halogens is 1. The summed E-state index contributed by atoms with van der Waals surface area (Å²) in [5.74, 6) is 0.448. The number of nitrogens with two attached hydrogens (primary N) is 1. The molecule has 0 radical (unpaired) electrons. The first kappa shape index (κ1) is 15.2. The number of rotatable bonds is 3. The molecule has 102 valence electrons. The molecule has 0 saturated carbocycles. The number of nitrogens with one attached hydrogen (secondary N) is 1. The van der Waals surface area contributed by atoms with Crippen molar-refractivity contribution >= 4 is 24.1 Å². The Balaban J connectivity index is 0.00000180. The van der Waals surface area contributed by atoms with Gasteiger partial charge in [0, 0.05) is 12.6 Å². The second kappa shape index (κ2) is 6.36. The summed E-state index contributed by atoms with van der Waals surface area (Å²) in [6, 6.07) is 9.84. The zero-order valence-electron chi connectivity index (χ0n) is 10.9. The summed E-state index contributed by atoms with van der Waals surface area (Å²) in [5.41, 5.74) is 8.15.